The summed E-state index contributed by atoms with van der Waals surface area (Å²) in [7, 11) is 0. The fourth-order valence-electron chi connectivity index (χ4n) is 2.99. The van der Waals surface area contributed by atoms with Crippen LogP contribution in [-0.2, 0) is 0 Å². The molecule has 0 amide bonds. The largest absolute Gasteiger partial charge is 0.493 e. The molecule has 1 aliphatic rings. The van der Waals surface area contributed by atoms with Gasteiger partial charge in [-0.25, -0.2) is 4.39 Å². The van der Waals surface area contributed by atoms with Gasteiger partial charge < -0.3 is 10.1 Å². The molecule has 0 unspecified atom stereocenters. The fourth-order valence-corrected chi connectivity index (χ4v) is 2.99. The highest BCUT2D eigenvalue weighted by Gasteiger charge is 2.23. The Kier molecular flexibility index (Phi) is 4.52. The molecule has 0 saturated carbocycles. The minimum Gasteiger partial charge on any atom is -0.493 e. The van der Waals surface area contributed by atoms with E-state index in [2.05, 4.69) is 5.32 Å². The molecule has 6 nitrogen and oxygen atoms in total. The number of anilines is 1. The van der Waals surface area contributed by atoms with Crippen LogP contribution in [0.25, 0.3) is 0 Å². The predicted octanol–water partition coefficient (Wildman–Crippen LogP) is 4.24. The van der Waals surface area contributed by atoms with Crippen molar-refractivity contribution in [1.82, 2.24) is 0 Å². The highest BCUT2D eigenvalue weighted by Crippen LogP contribution is 2.37. The van der Waals surface area contributed by atoms with Crippen molar-refractivity contribution < 1.29 is 14.1 Å². The van der Waals surface area contributed by atoms with E-state index in [0.717, 1.165) is 6.42 Å². The van der Waals surface area contributed by atoms with Gasteiger partial charge in [-0.05, 0) is 44.0 Å². The molecule has 1 atom stereocenters. The molecular weight excluding hydrogens is 325 g/mol. The van der Waals surface area contributed by atoms with Crippen LogP contribution in [0.15, 0.2) is 30.3 Å². The van der Waals surface area contributed by atoms with Crippen molar-refractivity contribution >= 4 is 11.4 Å². The van der Waals surface area contributed by atoms with Crippen molar-refractivity contribution in [2.45, 2.75) is 25.8 Å². The Balaban J connectivity index is 2.03. The average Bonchev–Trinajstić information content (AvgIpc) is 2.78. The van der Waals surface area contributed by atoms with Gasteiger partial charge in [0.25, 0.3) is 5.69 Å². The van der Waals surface area contributed by atoms with Crippen molar-refractivity contribution in [3.05, 3.63) is 63.0 Å². The maximum absolute atomic E-state index is 13.7. The van der Waals surface area contributed by atoms with E-state index in [9.17, 15) is 14.5 Å². The van der Waals surface area contributed by atoms with Gasteiger partial charge in [-0.15, -0.1) is 0 Å². The van der Waals surface area contributed by atoms with E-state index < -0.39 is 4.92 Å². The number of nitro groups is 1. The van der Waals surface area contributed by atoms with Crippen LogP contribution in [0.4, 0.5) is 15.8 Å². The molecule has 0 aliphatic carbocycles. The summed E-state index contributed by atoms with van der Waals surface area (Å²) < 4.78 is 19.3. The highest BCUT2D eigenvalue weighted by molar-refractivity contribution is 5.65. The Labute approximate surface area is 144 Å². The summed E-state index contributed by atoms with van der Waals surface area (Å²) >= 11 is 0. The third-order valence-electron chi connectivity index (χ3n) is 4.28. The predicted molar refractivity (Wildman–Crippen MR) is 90.0 cm³/mol. The van der Waals surface area contributed by atoms with Gasteiger partial charge >= 0.3 is 0 Å². The lowest BCUT2D eigenvalue weighted by atomic mass is 10.00. The first-order valence-corrected chi connectivity index (χ1v) is 7.87. The zero-order valence-electron chi connectivity index (χ0n) is 13.6. The Morgan fingerprint density at radius 2 is 2.20 bits per heavy atom. The molecule has 2 aromatic rings. The molecule has 25 heavy (non-hydrogen) atoms. The van der Waals surface area contributed by atoms with Crippen LogP contribution in [0, 0.1) is 34.2 Å². The number of hydrogen-bond donors (Lipinski definition) is 1. The molecule has 0 radical (unpaired) electrons. The Morgan fingerprint density at radius 3 is 2.92 bits per heavy atom. The average molecular weight is 341 g/mol. The Bertz CT molecular complexity index is 877. The minimum atomic E-state index is -0.509. The van der Waals surface area contributed by atoms with Crippen LogP contribution in [0.2, 0.25) is 0 Å². The quantitative estimate of drug-likeness (QED) is 0.666. The topological polar surface area (TPSA) is 88.2 Å². The molecule has 0 spiro atoms. The molecular formula is C18H16FN3O3. The minimum absolute atomic E-state index is 0.120. The number of hydrogen-bond acceptors (Lipinski definition) is 5. The standard InChI is InChI=1S/C18H16FN3O3/c1-11-16(7-12(10-20)8-17(11)22(23)24)21-15-3-2-6-25-18-5-4-13(19)9-14(15)18/h4-5,7-9,15,21H,2-3,6H2,1H3/t15-/m0/s1. The van der Waals surface area contributed by atoms with Gasteiger partial charge in [0.2, 0.25) is 0 Å². The van der Waals surface area contributed by atoms with Crippen molar-refractivity contribution in [2.75, 3.05) is 11.9 Å². The molecule has 0 bridgehead atoms. The first kappa shape index (κ1) is 16.7. The van der Waals surface area contributed by atoms with Gasteiger partial charge in [0.15, 0.2) is 0 Å². The molecule has 0 saturated heterocycles. The number of nitriles is 1. The van der Waals surface area contributed by atoms with Crippen molar-refractivity contribution in [2.24, 2.45) is 0 Å². The summed E-state index contributed by atoms with van der Waals surface area (Å²) in [6.07, 6.45) is 1.44. The van der Waals surface area contributed by atoms with E-state index >= 15 is 0 Å². The Morgan fingerprint density at radius 1 is 1.40 bits per heavy atom. The van der Waals surface area contributed by atoms with Gasteiger partial charge in [-0.1, -0.05) is 0 Å². The lowest BCUT2D eigenvalue weighted by molar-refractivity contribution is -0.385. The fraction of sp³-hybridized carbons (Fsp3) is 0.278. The zero-order chi connectivity index (χ0) is 18.0. The molecule has 0 aromatic heterocycles. The number of rotatable bonds is 3. The summed E-state index contributed by atoms with van der Waals surface area (Å²) in [6.45, 7) is 2.15. The van der Waals surface area contributed by atoms with Gasteiger partial charge in [-0.3, -0.25) is 10.1 Å². The number of fused-ring (bicyclic) bond motifs is 1. The van der Waals surface area contributed by atoms with E-state index in [-0.39, 0.29) is 23.1 Å². The lowest BCUT2D eigenvalue weighted by Gasteiger charge is -2.21. The number of halogens is 1. The summed E-state index contributed by atoms with van der Waals surface area (Å²) in [5.41, 5.74) is 1.68. The monoisotopic (exact) mass is 341 g/mol. The van der Waals surface area contributed by atoms with E-state index in [1.54, 1.807) is 19.1 Å². The van der Waals surface area contributed by atoms with Crippen molar-refractivity contribution in [3.8, 4) is 11.8 Å². The van der Waals surface area contributed by atoms with Crippen LogP contribution >= 0.6 is 0 Å². The molecule has 1 aliphatic heterocycles. The van der Waals surface area contributed by atoms with Gasteiger partial charge in [0.1, 0.15) is 11.6 Å². The molecule has 1 heterocycles. The van der Waals surface area contributed by atoms with E-state index in [0.29, 0.717) is 35.6 Å². The van der Waals surface area contributed by atoms with Gasteiger partial charge in [0.05, 0.1) is 29.2 Å². The third-order valence-corrected chi connectivity index (χ3v) is 4.28. The number of benzene rings is 2. The maximum Gasteiger partial charge on any atom is 0.275 e. The van der Waals surface area contributed by atoms with Crippen LogP contribution < -0.4 is 10.1 Å². The number of nitrogens with one attached hydrogen (secondary N) is 1. The SMILES string of the molecule is Cc1c(N[C@H]2CCCOc3ccc(F)cc32)cc(C#N)cc1[N+](=O)[O-]. The summed E-state index contributed by atoms with van der Waals surface area (Å²) in [5.74, 6) is 0.226. The highest BCUT2D eigenvalue weighted by atomic mass is 19.1. The molecule has 0 fully saturated rings. The van der Waals surface area contributed by atoms with Gasteiger partial charge in [-0.2, -0.15) is 5.26 Å². The lowest BCUT2D eigenvalue weighted by Crippen LogP contribution is -2.12. The maximum atomic E-state index is 13.7. The first-order chi connectivity index (χ1) is 12.0. The summed E-state index contributed by atoms with van der Waals surface area (Å²) in [5, 5.41) is 23.6. The second-order valence-electron chi connectivity index (χ2n) is 5.91. The van der Waals surface area contributed by atoms with Crippen LogP contribution in [-0.4, -0.2) is 11.5 Å². The van der Waals surface area contributed by atoms with E-state index in [4.69, 9.17) is 10.00 Å². The molecule has 128 valence electrons. The first-order valence-electron chi connectivity index (χ1n) is 7.87. The van der Waals surface area contributed by atoms with Crippen molar-refractivity contribution in [1.29, 1.82) is 5.26 Å². The second-order valence-corrected chi connectivity index (χ2v) is 5.91. The van der Waals surface area contributed by atoms with Crippen LogP contribution in [0.1, 0.15) is 35.6 Å². The van der Waals surface area contributed by atoms with Crippen LogP contribution in [0.5, 0.6) is 5.75 Å². The van der Waals surface area contributed by atoms with E-state index in [1.807, 2.05) is 6.07 Å². The normalized spacial score (nSPS) is 16.1. The number of nitrogens with zero attached hydrogens (tertiary/aromatic N) is 2. The van der Waals surface area contributed by atoms with E-state index in [1.165, 1.54) is 18.2 Å². The van der Waals surface area contributed by atoms with Gasteiger partial charge in [0, 0.05) is 22.9 Å². The summed E-state index contributed by atoms with van der Waals surface area (Å²) in [4.78, 5) is 10.7. The molecule has 1 N–H and O–H groups in total. The zero-order valence-corrected chi connectivity index (χ0v) is 13.6. The number of ether oxygens (including phenoxy) is 1. The summed E-state index contributed by atoms with van der Waals surface area (Å²) in [6, 6.07) is 8.85. The smallest absolute Gasteiger partial charge is 0.275 e. The van der Waals surface area contributed by atoms with Crippen molar-refractivity contribution in [3.63, 3.8) is 0 Å². The molecule has 7 heteroatoms. The molecule has 3 rings (SSSR count). The molecule has 2 aromatic carbocycles. The third kappa shape index (κ3) is 3.38. The Hall–Kier alpha value is -3.14. The second kappa shape index (κ2) is 6.77. The number of nitro benzene ring substituents is 1. The van der Waals surface area contributed by atoms with Crippen LogP contribution in [0.3, 0.4) is 0 Å².